The first-order chi connectivity index (χ1) is 9.21. The Bertz CT molecular complexity index is 506. The van der Waals surface area contributed by atoms with E-state index in [1.165, 1.54) is 0 Å². The molecular formula is C10H7BrF5NO3. The van der Waals surface area contributed by atoms with Crippen molar-refractivity contribution in [3.05, 3.63) is 23.0 Å². The molecule has 0 saturated carbocycles. The Kier molecular flexibility index (Phi) is 5.26. The first-order valence-corrected chi connectivity index (χ1v) is 6.03. The maximum atomic E-state index is 12.8. The van der Waals surface area contributed by atoms with Crippen molar-refractivity contribution in [3.63, 3.8) is 0 Å². The van der Waals surface area contributed by atoms with Gasteiger partial charge in [0.25, 0.3) is 6.43 Å². The molecule has 0 fully saturated rings. The second-order valence-electron chi connectivity index (χ2n) is 3.33. The molecule has 0 aromatic carbocycles. The molecule has 1 aromatic rings. The molecular weight excluding hydrogens is 357 g/mol. The summed E-state index contributed by atoms with van der Waals surface area (Å²) < 4.78 is 70.1. The van der Waals surface area contributed by atoms with Crippen LogP contribution in [0.1, 0.15) is 28.0 Å². The minimum Gasteiger partial charge on any atom is -0.465 e. The molecule has 112 valence electrons. The molecule has 1 rings (SSSR count). The molecule has 1 aromatic heterocycles. The van der Waals surface area contributed by atoms with Crippen LogP contribution in [0.4, 0.5) is 22.0 Å². The fraction of sp³-hybridized carbons (Fsp3) is 0.400. The number of methoxy groups -OCH3 is 1. The summed E-state index contributed by atoms with van der Waals surface area (Å²) in [6, 6.07) is 0. The van der Waals surface area contributed by atoms with Crippen LogP contribution in [0.5, 0.6) is 5.75 Å². The van der Waals surface area contributed by atoms with Gasteiger partial charge in [-0.15, -0.1) is 13.2 Å². The first kappa shape index (κ1) is 16.6. The van der Waals surface area contributed by atoms with Crippen molar-refractivity contribution < 1.29 is 36.2 Å². The molecule has 1 heterocycles. The summed E-state index contributed by atoms with van der Waals surface area (Å²) in [5.74, 6) is -2.07. The quantitative estimate of drug-likeness (QED) is 0.466. The van der Waals surface area contributed by atoms with E-state index in [1.54, 1.807) is 0 Å². The van der Waals surface area contributed by atoms with Crippen LogP contribution in [0.15, 0.2) is 6.20 Å². The van der Waals surface area contributed by atoms with Crippen molar-refractivity contribution in [2.24, 2.45) is 0 Å². The maximum absolute atomic E-state index is 12.8. The van der Waals surface area contributed by atoms with Crippen LogP contribution in [0.2, 0.25) is 0 Å². The minimum absolute atomic E-state index is 0.328. The van der Waals surface area contributed by atoms with Gasteiger partial charge in [-0.3, -0.25) is 4.98 Å². The Morgan fingerprint density at radius 3 is 2.45 bits per heavy atom. The number of carbonyl (C=O) groups excluding carboxylic acids is 1. The molecule has 0 aliphatic carbocycles. The highest BCUT2D eigenvalue weighted by Crippen LogP contribution is 2.34. The van der Waals surface area contributed by atoms with Crippen LogP contribution in [0.3, 0.4) is 0 Å². The van der Waals surface area contributed by atoms with Crippen LogP contribution < -0.4 is 4.74 Å². The van der Waals surface area contributed by atoms with Gasteiger partial charge >= 0.3 is 12.3 Å². The zero-order valence-corrected chi connectivity index (χ0v) is 11.4. The predicted molar refractivity (Wildman–Crippen MR) is 59.8 cm³/mol. The van der Waals surface area contributed by atoms with Gasteiger partial charge in [0, 0.05) is 10.9 Å². The third kappa shape index (κ3) is 3.78. The summed E-state index contributed by atoms with van der Waals surface area (Å²) in [6.07, 6.45) is -7.71. The van der Waals surface area contributed by atoms with E-state index in [2.05, 4.69) is 30.4 Å². The summed E-state index contributed by atoms with van der Waals surface area (Å²) >= 11 is 2.82. The van der Waals surface area contributed by atoms with Gasteiger partial charge in [-0.25, -0.2) is 13.6 Å². The van der Waals surface area contributed by atoms with E-state index >= 15 is 0 Å². The van der Waals surface area contributed by atoms with Crippen molar-refractivity contribution in [3.8, 4) is 5.75 Å². The van der Waals surface area contributed by atoms with Crippen molar-refractivity contribution >= 4 is 21.9 Å². The Morgan fingerprint density at radius 2 is 2.05 bits per heavy atom. The highest BCUT2D eigenvalue weighted by atomic mass is 79.9. The Labute approximate surface area is 118 Å². The van der Waals surface area contributed by atoms with Crippen LogP contribution >= 0.6 is 15.9 Å². The molecule has 0 unspecified atom stereocenters. The van der Waals surface area contributed by atoms with Gasteiger partial charge in [0.1, 0.15) is 5.69 Å². The first-order valence-electron chi connectivity index (χ1n) is 4.91. The highest BCUT2D eigenvalue weighted by molar-refractivity contribution is 9.08. The van der Waals surface area contributed by atoms with E-state index in [1.807, 2.05) is 0 Å². The molecule has 0 saturated heterocycles. The van der Waals surface area contributed by atoms with Gasteiger partial charge in [0.15, 0.2) is 5.75 Å². The molecule has 0 radical (unpaired) electrons. The largest absolute Gasteiger partial charge is 0.573 e. The van der Waals surface area contributed by atoms with Crippen LogP contribution in [-0.4, -0.2) is 24.4 Å². The summed E-state index contributed by atoms with van der Waals surface area (Å²) in [5.41, 5.74) is -2.14. The second-order valence-corrected chi connectivity index (χ2v) is 3.90. The van der Waals surface area contributed by atoms with Crippen LogP contribution in [0.25, 0.3) is 0 Å². The molecule has 4 nitrogen and oxygen atoms in total. The summed E-state index contributed by atoms with van der Waals surface area (Å²) in [6.45, 7) is 0. The number of hydrogen-bond acceptors (Lipinski definition) is 4. The van der Waals surface area contributed by atoms with Crippen molar-refractivity contribution in [1.29, 1.82) is 0 Å². The Hall–Kier alpha value is -1.45. The molecule has 0 spiro atoms. The zero-order valence-electron chi connectivity index (χ0n) is 9.80. The number of nitrogens with zero attached hydrogens (tertiary/aromatic N) is 1. The maximum Gasteiger partial charge on any atom is 0.573 e. The number of hydrogen-bond donors (Lipinski definition) is 0. The van der Waals surface area contributed by atoms with E-state index < -0.39 is 41.3 Å². The number of rotatable bonds is 4. The number of ether oxygens (including phenoxy) is 2. The third-order valence-electron chi connectivity index (χ3n) is 2.13. The lowest BCUT2D eigenvalue weighted by Gasteiger charge is -2.16. The van der Waals surface area contributed by atoms with Crippen molar-refractivity contribution in [1.82, 2.24) is 4.98 Å². The third-order valence-corrected chi connectivity index (χ3v) is 2.69. The number of halogens is 6. The average molecular weight is 364 g/mol. The monoisotopic (exact) mass is 363 g/mol. The van der Waals surface area contributed by atoms with Gasteiger partial charge in [-0.05, 0) is 0 Å². The number of alkyl halides is 6. The molecule has 0 amide bonds. The molecule has 0 N–H and O–H groups in total. The number of aromatic nitrogens is 1. The van der Waals surface area contributed by atoms with E-state index in [0.717, 1.165) is 7.11 Å². The SMILES string of the molecule is COC(=O)c1c(C(F)F)ncc(OC(F)(F)F)c1CBr. The van der Waals surface area contributed by atoms with Gasteiger partial charge in [-0.1, -0.05) is 15.9 Å². The minimum atomic E-state index is -5.04. The van der Waals surface area contributed by atoms with Crippen molar-refractivity contribution in [2.75, 3.05) is 7.11 Å². The lowest BCUT2D eigenvalue weighted by atomic mass is 10.1. The fourth-order valence-corrected chi connectivity index (χ4v) is 1.95. The topological polar surface area (TPSA) is 48.4 Å². The van der Waals surface area contributed by atoms with Crippen LogP contribution in [0, 0.1) is 0 Å². The summed E-state index contributed by atoms with van der Waals surface area (Å²) in [4.78, 5) is 14.6. The normalized spacial score (nSPS) is 11.6. The number of pyridine rings is 1. The lowest BCUT2D eigenvalue weighted by Crippen LogP contribution is -2.20. The summed E-state index contributed by atoms with van der Waals surface area (Å²) in [5, 5.41) is -0.328. The van der Waals surface area contributed by atoms with Gasteiger partial charge in [0.05, 0.1) is 18.9 Å². The van der Waals surface area contributed by atoms with Gasteiger partial charge < -0.3 is 9.47 Å². The molecule has 20 heavy (non-hydrogen) atoms. The fourth-order valence-electron chi connectivity index (χ4n) is 1.39. The second kappa shape index (κ2) is 6.33. The molecule has 10 heteroatoms. The molecule has 0 aliphatic rings. The standard InChI is InChI=1S/C10H7BrF5NO3/c1-19-9(18)6-4(2-11)5(20-10(14,15)16)3-17-7(6)8(12)13/h3,8H,2H2,1H3. The van der Waals surface area contributed by atoms with Gasteiger partial charge in [-0.2, -0.15) is 0 Å². The highest BCUT2D eigenvalue weighted by Gasteiger charge is 2.35. The number of esters is 1. The summed E-state index contributed by atoms with van der Waals surface area (Å²) in [7, 11) is 0.910. The van der Waals surface area contributed by atoms with E-state index in [9.17, 15) is 26.7 Å². The smallest absolute Gasteiger partial charge is 0.465 e. The average Bonchev–Trinajstić information content (AvgIpc) is 2.34. The Morgan fingerprint density at radius 1 is 1.45 bits per heavy atom. The Balaban J connectivity index is 3.48. The van der Waals surface area contributed by atoms with E-state index in [0.29, 0.717) is 6.20 Å². The van der Waals surface area contributed by atoms with Gasteiger partial charge in [0.2, 0.25) is 0 Å². The lowest BCUT2D eigenvalue weighted by molar-refractivity contribution is -0.275. The van der Waals surface area contributed by atoms with Crippen LogP contribution in [-0.2, 0) is 10.1 Å². The van der Waals surface area contributed by atoms with Crippen molar-refractivity contribution in [2.45, 2.75) is 18.1 Å². The predicted octanol–water partition coefficient (Wildman–Crippen LogP) is 3.60. The van der Waals surface area contributed by atoms with E-state index in [-0.39, 0.29) is 5.33 Å². The molecule has 0 aliphatic heterocycles. The van der Waals surface area contributed by atoms with E-state index in [4.69, 9.17) is 0 Å². The zero-order chi connectivity index (χ0) is 15.5. The number of carbonyl (C=O) groups is 1. The molecule has 0 bridgehead atoms. The molecule has 0 atom stereocenters.